The van der Waals surface area contributed by atoms with Crippen LogP contribution in [0.1, 0.15) is 18.1 Å². The lowest BCUT2D eigenvalue weighted by Gasteiger charge is -2.38. The van der Waals surface area contributed by atoms with E-state index < -0.39 is 6.04 Å². The van der Waals surface area contributed by atoms with E-state index in [2.05, 4.69) is 31.2 Å². The highest BCUT2D eigenvalue weighted by Gasteiger charge is 2.36. The lowest BCUT2D eigenvalue weighted by molar-refractivity contribution is -0.156. The zero-order valence-electron chi connectivity index (χ0n) is 15.0. The minimum absolute atomic E-state index is 0.0203. The topological polar surface area (TPSA) is 49.9 Å². The Morgan fingerprint density at radius 3 is 2.56 bits per heavy atom. The summed E-state index contributed by atoms with van der Waals surface area (Å²) in [4.78, 5) is 28.5. The number of hydrogen-bond acceptors (Lipinski definition) is 3. The van der Waals surface area contributed by atoms with E-state index in [1.54, 1.807) is 23.8 Å². The summed E-state index contributed by atoms with van der Waals surface area (Å²) in [6.45, 7) is 5.34. The van der Waals surface area contributed by atoms with Crippen LogP contribution in [0.2, 0.25) is 0 Å². The summed E-state index contributed by atoms with van der Waals surface area (Å²) in [5.41, 5.74) is 2.28. The second-order valence-corrected chi connectivity index (χ2v) is 6.54. The number of carbonyl (C=O) groups excluding carboxylic acids is 2. The van der Waals surface area contributed by atoms with Crippen molar-refractivity contribution in [1.82, 2.24) is 9.80 Å². The van der Waals surface area contributed by atoms with Gasteiger partial charge in [-0.3, -0.25) is 9.59 Å². The molecule has 3 rings (SSSR count). The van der Waals surface area contributed by atoms with E-state index in [-0.39, 0.29) is 18.4 Å². The third kappa shape index (κ3) is 3.37. The van der Waals surface area contributed by atoms with Gasteiger partial charge >= 0.3 is 0 Å². The van der Waals surface area contributed by atoms with Gasteiger partial charge in [0, 0.05) is 20.2 Å². The second-order valence-electron chi connectivity index (χ2n) is 6.54. The maximum absolute atomic E-state index is 12.6. The first-order valence-electron chi connectivity index (χ1n) is 8.57. The Labute approximate surface area is 148 Å². The number of methoxy groups -OCH3 is 1. The number of benzene rings is 2. The SMILES string of the molecule is COCCN1CC(=O)N(Cc2ccc(C)c3ccccc23)[C@@H](C)C1=O. The Balaban J connectivity index is 1.85. The van der Waals surface area contributed by atoms with Crippen molar-refractivity contribution in [3.05, 3.63) is 47.5 Å². The van der Waals surface area contributed by atoms with Crippen LogP contribution in [0.4, 0.5) is 0 Å². The molecule has 0 bridgehead atoms. The van der Waals surface area contributed by atoms with Gasteiger partial charge in [-0.25, -0.2) is 0 Å². The minimum Gasteiger partial charge on any atom is -0.383 e. The van der Waals surface area contributed by atoms with Crippen LogP contribution in [0.5, 0.6) is 0 Å². The molecule has 5 heteroatoms. The molecule has 0 radical (unpaired) electrons. The van der Waals surface area contributed by atoms with Crippen LogP contribution in [-0.2, 0) is 20.9 Å². The molecule has 0 aromatic heterocycles. The van der Waals surface area contributed by atoms with Crippen molar-refractivity contribution >= 4 is 22.6 Å². The van der Waals surface area contributed by atoms with E-state index in [9.17, 15) is 9.59 Å². The fourth-order valence-electron chi connectivity index (χ4n) is 3.39. The molecule has 0 spiro atoms. The number of aryl methyl sites for hydroxylation is 1. The van der Waals surface area contributed by atoms with Crippen LogP contribution >= 0.6 is 0 Å². The fraction of sp³-hybridized carbons (Fsp3) is 0.400. The van der Waals surface area contributed by atoms with Gasteiger partial charge in [0.1, 0.15) is 6.04 Å². The number of hydrogen-bond donors (Lipinski definition) is 0. The van der Waals surface area contributed by atoms with Crippen molar-refractivity contribution < 1.29 is 14.3 Å². The lowest BCUT2D eigenvalue weighted by Crippen LogP contribution is -2.58. The van der Waals surface area contributed by atoms with Crippen LogP contribution in [-0.4, -0.2) is 54.5 Å². The summed E-state index contributed by atoms with van der Waals surface area (Å²) >= 11 is 0. The predicted octanol–water partition coefficient (Wildman–Crippen LogP) is 2.35. The van der Waals surface area contributed by atoms with E-state index in [0.29, 0.717) is 19.7 Å². The highest BCUT2D eigenvalue weighted by Crippen LogP contribution is 2.25. The van der Waals surface area contributed by atoms with Crippen LogP contribution in [0.3, 0.4) is 0 Å². The lowest BCUT2D eigenvalue weighted by atomic mass is 9.99. The number of amides is 2. The van der Waals surface area contributed by atoms with Gasteiger partial charge in [-0.1, -0.05) is 36.4 Å². The van der Waals surface area contributed by atoms with Crippen molar-refractivity contribution in [3.63, 3.8) is 0 Å². The zero-order chi connectivity index (χ0) is 18.0. The fourth-order valence-corrected chi connectivity index (χ4v) is 3.39. The van der Waals surface area contributed by atoms with Gasteiger partial charge in [0.15, 0.2) is 0 Å². The number of rotatable bonds is 5. The molecule has 1 atom stereocenters. The number of carbonyl (C=O) groups is 2. The molecule has 132 valence electrons. The van der Waals surface area contributed by atoms with Crippen LogP contribution in [0.15, 0.2) is 36.4 Å². The monoisotopic (exact) mass is 340 g/mol. The van der Waals surface area contributed by atoms with Gasteiger partial charge in [-0.15, -0.1) is 0 Å². The van der Waals surface area contributed by atoms with E-state index in [0.717, 1.165) is 10.9 Å². The summed E-state index contributed by atoms with van der Waals surface area (Å²) in [6, 6.07) is 11.9. The highest BCUT2D eigenvalue weighted by molar-refractivity contribution is 5.95. The van der Waals surface area contributed by atoms with E-state index in [1.165, 1.54) is 10.9 Å². The van der Waals surface area contributed by atoms with Gasteiger partial charge in [0.2, 0.25) is 11.8 Å². The Bertz CT molecular complexity index is 803. The van der Waals surface area contributed by atoms with Gasteiger partial charge in [0.25, 0.3) is 0 Å². The third-order valence-electron chi connectivity index (χ3n) is 4.92. The Morgan fingerprint density at radius 1 is 1.12 bits per heavy atom. The summed E-state index contributed by atoms with van der Waals surface area (Å²) in [5.74, 6) is -0.0408. The Kier molecular flexibility index (Phi) is 5.04. The number of nitrogens with zero attached hydrogens (tertiary/aromatic N) is 2. The van der Waals surface area contributed by atoms with Crippen molar-refractivity contribution in [2.75, 3.05) is 26.8 Å². The first-order chi connectivity index (χ1) is 12.0. The standard InChI is InChI=1S/C20H24N2O3/c1-14-8-9-16(18-7-5-4-6-17(14)18)12-22-15(2)20(24)21(10-11-25-3)13-19(22)23/h4-9,15H,10-13H2,1-3H3/t15-/m0/s1. The molecule has 1 aliphatic rings. The molecule has 0 N–H and O–H groups in total. The summed E-state index contributed by atoms with van der Waals surface area (Å²) in [5, 5.41) is 2.32. The third-order valence-corrected chi connectivity index (χ3v) is 4.92. The van der Waals surface area contributed by atoms with Crippen LogP contribution in [0, 0.1) is 6.92 Å². The van der Waals surface area contributed by atoms with E-state index >= 15 is 0 Å². The molecule has 0 saturated carbocycles. The molecule has 0 unspecified atom stereocenters. The average Bonchev–Trinajstić information content (AvgIpc) is 2.62. The quantitative estimate of drug-likeness (QED) is 0.839. The van der Waals surface area contributed by atoms with Gasteiger partial charge < -0.3 is 14.5 Å². The first-order valence-corrected chi connectivity index (χ1v) is 8.57. The maximum atomic E-state index is 12.6. The van der Waals surface area contributed by atoms with Crippen molar-refractivity contribution in [1.29, 1.82) is 0 Å². The molecule has 5 nitrogen and oxygen atoms in total. The number of piperazine rings is 1. The molecule has 25 heavy (non-hydrogen) atoms. The molecule has 2 aromatic carbocycles. The highest BCUT2D eigenvalue weighted by atomic mass is 16.5. The Hall–Kier alpha value is -2.40. The van der Waals surface area contributed by atoms with Crippen molar-refractivity contribution in [2.24, 2.45) is 0 Å². The molecule has 1 heterocycles. The van der Waals surface area contributed by atoms with Gasteiger partial charge in [0.05, 0.1) is 13.2 Å². The molecular weight excluding hydrogens is 316 g/mol. The average molecular weight is 340 g/mol. The Morgan fingerprint density at radius 2 is 1.84 bits per heavy atom. The summed E-state index contributed by atoms with van der Waals surface area (Å²) in [7, 11) is 1.59. The smallest absolute Gasteiger partial charge is 0.245 e. The minimum atomic E-state index is -0.460. The van der Waals surface area contributed by atoms with E-state index in [1.807, 2.05) is 12.1 Å². The van der Waals surface area contributed by atoms with Gasteiger partial charge in [-0.2, -0.15) is 0 Å². The van der Waals surface area contributed by atoms with Crippen molar-refractivity contribution in [2.45, 2.75) is 26.4 Å². The molecule has 1 saturated heterocycles. The second kappa shape index (κ2) is 7.23. The summed E-state index contributed by atoms with van der Waals surface area (Å²) < 4.78 is 5.03. The normalized spacial score (nSPS) is 18.3. The van der Waals surface area contributed by atoms with Gasteiger partial charge in [-0.05, 0) is 35.7 Å². The van der Waals surface area contributed by atoms with Crippen LogP contribution < -0.4 is 0 Å². The first kappa shape index (κ1) is 17.4. The molecule has 1 fully saturated rings. The zero-order valence-corrected chi connectivity index (χ0v) is 15.0. The maximum Gasteiger partial charge on any atom is 0.245 e. The largest absolute Gasteiger partial charge is 0.383 e. The molecule has 0 aliphatic carbocycles. The van der Waals surface area contributed by atoms with E-state index in [4.69, 9.17) is 4.74 Å². The molecule has 2 amide bonds. The molecular formula is C20H24N2O3. The predicted molar refractivity (Wildman–Crippen MR) is 97.2 cm³/mol. The van der Waals surface area contributed by atoms with Crippen molar-refractivity contribution in [3.8, 4) is 0 Å². The molecule has 2 aromatic rings. The molecule has 1 aliphatic heterocycles. The number of fused-ring (bicyclic) bond motifs is 1. The number of ether oxygens (including phenoxy) is 1. The summed E-state index contributed by atoms with van der Waals surface area (Å²) in [6.07, 6.45) is 0. The van der Waals surface area contributed by atoms with Crippen LogP contribution in [0.25, 0.3) is 10.8 Å².